The van der Waals surface area contributed by atoms with Gasteiger partial charge in [0.05, 0.1) is 11.6 Å². The van der Waals surface area contributed by atoms with Crippen LogP contribution in [0, 0.1) is 11.8 Å². The van der Waals surface area contributed by atoms with Crippen molar-refractivity contribution in [3.8, 4) is 0 Å². The molecule has 3 rings (SSSR count). The highest BCUT2D eigenvalue weighted by molar-refractivity contribution is 6.06. The van der Waals surface area contributed by atoms with Crippen LogP contribution < -0.4 is 26.7 Å². The lowest BCUT2D eigenvalue weighted by atomic mass is 9.98. The standard InChI is InChI=1S/C29H42N6O7/c1-17(2)15-23(37)30-14-12-24(38)35-21(11-8-13-31-35)27(40)32-25(18(3)4)22(36)16-42-28(41)29(5)33-20-10-7-6-9-19(20)26(39)34-29/h6-7,9-10,17-18,21,25,31,33H,8,11-16H2,1-5H3,(H,30,37)(H,32,40)(H,34,39). The van der Waals surface area contributed by atoms with E-state index in [1.165, 1.54) is 11.9 Å². The van der Waals surface area contributed by atoms with Gasteiger partial charge in [-0.05, 0) is 43.7 Å². The minimum atomic E-state index is -1.59. The van der Waals surface area contributed by atoms with Crippen LogP contribution in [-0.4, -0.2) is 77.8 Å². The maximum absolute atomic E-state index is 13.3. The molecule has 13 heteroatoms. The summed E-state index contributed by atoms with van der Waals surface area (Å²) < 4.78 is 5.29. The lowest BCUT2D eigenvalue weighted by molar-refractivity contribution is -0.154. The fourth-order valence-electron chi connectivity index (χ4n) is 4.84. The number of hydrogen-bond donors (Lipinski definition) is 5. The van der Waals surface area contributed by atoms with Gasteiger partial charge >= 0.3 is 5.97 Å². The van der Waals surface area contributed by atoms with E-state index in [9.17, 15) is 28.8 Å². The highest BCUT2D eigenvalue weighted by atomic mass is 16.5. The zero-order chi connectivity index (χ0) is 31.0. The number of anilines is 1. The molecular weight excluding hydrogens is 544 g/mol. The fourth-order valence-corrected chi connectivity index (χ4v) is 4.84. The molecule has 2 aliphatic rings. The number of ketones is 1. The summed E-state index contributed by atoms with van der Waals surface area (Å²) in [4.78, 5) is 76.6. The molecule has 2 heterocycles. The van der Waals surface area contributed by atoms with E-state index >= 15 is 0 Å². The van der Waals surface area contributed by atoms with Crippen LogP contribution in [0.15, 0.2) is 24.3 Å². The van der Waals surface area contributed by atoms with Gasteiger partial charge in [-0.2, -0.15) is 0 Å². The first kappa shape index (κ1) is 32.5. The number of carbonyl (C=O) groups excluding carboxylic acids is 6. The van der Waals surface area contributed by atoms with Crippen molar-refractivity contribution in [1.29, 1.82) is 0 Å². The van der Waals surface area contributed by atoms with Crippen LogP contribution >= 0.6 is 0 Å². The van der Waals surface area contributed by atoms with E-state index in [2.05, 4.69) is 26.7 Å². The Hall–Kier alpha value is -4.00. The molecule has 5 N–H and O–H groups in total. The Morgan fingerprint density at radius 3 is 2.50 bits per heavy atom. The number of carbonyl (C=O) groups is 6. The van der Waals surface area contributed by atoms with Crippen molar-refractivity contribution in [2.45, 2.75) is 78.0 Å². The molecule has 13 nitrogen and oxygen atoms in total. The van der Waals surface area contributed by atoms with Crippen LogP contribution in [0.4, 0.5) is 5.69 Å². The Bertz CT molecular complexity index is 1200. The second kappa shape index (κ2) is 14.3. The number of rotatable bonds is 12. The van der Waals surface area contributed by atoms with Crippen molar-refractivity contribution in [1.82, 2.24) is 26.4 Å². The van der Waals surface area contributed by atoms with Crippen molar-refractivity contribution >= 4 is 41.1 Å². The summed E-state index contributed by atoms with van der Waals surface area (Å²) in [7, 11) is 0. The summed E-state index contributed by atoms with van der Waals surface area (Å²) in [6.45, 7) is 8.81. The normalized spacial score (nSPS) is 20.6. The molecule has 230 valence electrons. The van der Waals surface area contributed by atoms with Crippen LogP contribution in [0.1, 0.15) is 70.7 Å². The molecule has 0 aliphatic carbocycles. The molecule has 0 saturated carbocycles. The van der Waals surface area contributed by atoms with Crippen LogP contribution in [0.5, 0.6) is 0 Å². The summed E-state index contributed by atoms with van der Waals surface area (Å²) in [5, 5.41) is 12.2. The van der Waals surface area contributed by atoms with Gasteiger partial charge in [0, 0.05) is 31.6 Å². The molecule has 0 spiro atoms. The first-order chi connectivity index (χ1) is 19.8. The smallest absolute Gasteiger partial charge is 0.353 e. The maximum Gasteiger partial charge on any atom is 0.353 e. The number of ether oxygens (including phenoxy) is 1. The van der Waals surface area contributed by atoms with Gasteiger partial charge < -0.3 is 26.0 Å². The van der Waals surface area contributed by atoms with Gasteiger partial charge in [0.25, 0.3) is 5.91 Å². The molecule has 1 saturated heterocycles. The summed E-state index contributed by atoms with van der Waals surface area (Å²) in [6.07, 6.45) is 1.41. The Kier molecular flexibility index (Phi) is 11.0. The number of nitrogens with zero attached hydrogens (tertiary/aromatic N) is 1. The van der Waals surface area contributed by atoms with Gasteiger partial charge in [0.2, 0.25) is 23.4 Å². The monoisotopic (exact) mass is 586 g/mol. The van der Waals surface area contributed by atoms with Gasteiger partial charge in [0.15, 0.2) is 12.4 Å². The second-order valence-corrected chi connectivity index (χ2v) is 11.6. The lowest BCUT2D eigenvalue weighted by Gasteiger charge is -2.36. The Morgan fingerprint density at radius 2 is 1.81 bits per heavy atom. The van der Waals surface area contributed by atoms with E-state index < -0.39 is 47.9 Å². The molecular formula is C29H42N6O7. The van der Waals surface area contributed by atoms with Crippen LogP contribution in [0.2, 0.25) is 0 Å². The first-order valence-electron chi connectivity index (χ1n) is 14.3. The SMILES string of the molecule is CC(C)CC(=O)NCCC(=O)N1NCCCC1C(=O)NC(C(=O)COC(=O)C1(C)NC(=O)c2ccccc2N1)C(C)C. The van der Waals surface area contributed by atoms with E-state index in [0.717, 1.165) is 0 Å². The number of amides is 4. The molecule has 0 aromatic heterocycles. The van der Waals surface area contributed by atoms with Crippen molar-refractivity contribution in [3.05, 3.63) is 29.8 Å². The zero-order valence-electron chi connectivity index (χ0n) is 24.9. The second-order valence-electron chi connectivity index (χ2n) is 11.6. The molecule has 0 bridgehead atoms. The minimum Gasteiger partial charge on any atom is -0.454 e. The quantitative estimate of drug-likeness (QED) is 0.223. The Labute approximate surface area is 245 Å². The van der Waals surface area contributed by atoms with Crippen LogP contribution in [0.25, 0.3) is 0 Å². The zero-order valence-corrected chi connectivity index (χ0v) is 24.9. The third-order valence-corrected chi connectivity index (χ3v) is 7.06. The first-order valence-corrected chi connectivity index (χ1v) is 14.3. The summed E-state index contributed by atoms with van der Waals surface area (Å²) >= 11 is 0. The summed E-state index contributed by atoms with van der Waals surface area (Å²) in [6, 6.07) is 4.86. The minimum absolute atomic E-state index is 0.0108. The molecule has 3 unspecified atom stereocenters. The average molecular weight is 587 g/mol. The molecule has 1 fully saturated rings. The highest BCUT2D eigenvalue weighted by Gasteiger charge is 2.42. The van der Waals surface area contributed by atoms with Crippen molar-refractivity contribution in [3.63, 3.8) is 0 Å². The van der Waals surface area contributed by atoms with E-state index in [0.29, 0.717) is 37.1 Å². The van der Waals surface area contributed by atoms with Crippen molar-refractivity contribution in [2.24, 2.45) is 11.8 Å². The summed E-state index contributed by atoms with van der Waals surface area (Å²) in [5.41, 5.74) is 2.20. The van der Waals surface area contributed by atoms with Gasteiger partial charge in [-0.15, -0.1) is 0 Å². The highest BCUT2D eigenvalue weighted by Crippen LogP contribution is 2.25. The number of esters is 1. The summed E-state index contributed by atoms with van der Waals surface area (Å²) in [5.74, 6) is -3.00. The van der Waals surface area contributed by atoms with E-state index in [1.54, 1.807) is 38.1 Å². The van der Waals surface area contributed by atoms with Gasteiger partial charge in [-0.3, -0.25) is 29.0 Å². The Morgan fingerprint density at radius 1 is 1.10 bits per heavy atom. The third-order valence-electron chi connectivity index (χ3n) is 7.06. The number of para-hydroxylation sites is 1. The van der Waals surface area contributed by atoms with Gasteiger partial charge in [-0.25, -0.2) is 10.2 Å². The molecule has 42 heavy (non-hydrogen) atoms. The van der Waals surface area contributed by atoms with Gasteiger partial charge in [-0.1, -0.05) is 39.8 Å². The van der Waals surface area contributed by atoms with Crippen LogP contribution in [0.3, 0.4) is 0 Å². The topological polar surface area (TPSA) is 175 Å². The average Bonchev–Trinajstić information content (AvgIpc) is 2.93. The molecule has 1 aromatic carbocycles. The third kappa shape index (κ3) is 8.28. The fraction of sp³-hybridized carbons (Fsp3) is 0.586. The lowest BCUT2D eigenvalue weighted by Crippen LogP contribution is -2.62. The molecule has 0 radical (unpaired) electrons. The number of Topliss-reactive ketones (excluding diaryl/α,β-unsaturated/α-hetero) is 1. The van der Waals surface area contributed by atoms with Gasteiger partial charge in [0.1, 0.15) is 6.04 Å². The van der Waals surface area contributed by atoms with Crippen molar-refractivity contribution in [2.75, 3.05) is 25.0 Å². The maximum atomic E-state index is 13.3. The molecule has 2 aliphatic heterocycles. The van der Waals surface area contributed by atoms with Crippen molar-refractivity contribution < 1.29 is 33.5 Å². The van der Waals surface area contributed by atoms with E-state index in [1.807, 2.05) is 13.8 Å². The number of hydrogen-bond acceptors (Lipinski definition) is 9. The van der Waals surface area contributed by atoms with E-state index in [4.69, 9.17) is 4.74 Å². The molecule has 4 amide bonds. The number of hydrazine groups is 1. The number of benzene rings is 1. The predicted octanol–water partition coefficient (Wildman–Crippen LogP) is 0.859. The molecule has 3 atom stereocenters. The number of nitrogens with one attached hydrogen (secondary N) is 5. The molecule has 1 aromatic rings. The van der Waals surface area contributed by atoms with E-state index in [-0.39, 0.29) is 36.6 Å². The van der Waals surface area contributed by atoms with Crippen LogP contribution in [-0.2, 0) is 28.7 Å². The largest absolute Gasteiger partial charge is 0.454 e. The number of fused-ring (bicyclic) bond motifs is 1. The predicted molar refractivity (Wildman–Crippen MR) is 154 cm³/mol. The Balaban J connectivity index is 1.57.